The number of rotatable bonds is 45. The number of hydrogen-bond donors (Lipinski definition) is 0. The van der Waals surface area contributed by atoms with E-state index in [1.54, 1.807) is 22.7 Å². The van der Waals surface area contributed by atoms with E-state index in [0.29, 0.717) is 61.1 Å². The summed E-state index contributed by atoms with van der Waals surface area (Å²) in [6.07, 6.45) is 29.2. The summed E-state index contributed by atoms with van der Waals surface area (Å²) in [5, 5.41) is 3.96. The maximum Gasteiger partial charge on any atom is 0.181 e. The topological polar surface area (TPSA) is 137 Å². The molecule has 0 aliphatic rings. The molecule has 6 aromatic rings. The van der Waals surface area contributed by atoms with Gasteiger partial charge in [0.2, 0.25) is 0 Å². The second-order valence-corrected chi connectivity index (χ2v) is 36.6. The van der Waals surface area contributed by atoms with E-state index in [0.717, 1.165) is 196 Å². The number of thiophene rings is 6. The predicted molar refractivity (Wildman–Crippen MR) is 360 cm³/mol. The Morgan fingerprint density at radius 2 is 0.488 bits per heavy atom. The van der Waals surface area contributed by atoms with Crippen LogP contribution in [0.5, 0.6) is 0 Å². The number of hydrogen-bond acceptors (Lipinski definition) is 14. The molecule has 0 amide bonds. The smallest absolute Gasteiger partial charge is 0.181 e. The van der Waals surface area contributed by atoms with E-state index in [2.05, 4.69) is 27.7 Å². The van der Waals surface area contributed by atoms with Gasteiger partial charge in [0.25, 0.3) is 0 Å². The Bertz CT molecular complexity index is 3010. The molecule has 0 fully saturated rings. The Balaban J connectivity index is 1.60. The van der Waals surface area contributed by atoms with Gasteiger partial charge in [0, 0.05) is 29.3 Å². The largest absolute Gasteiger partial charge is 0.224 e. The van der Waals surface area contributed by atoms with Crippen LogP contribution >= 0.6 is 68.0 Å². The highest BCUT2D eigenvalue weighted by molar-refractivity contribution is 7.95. The summed E-state index contributed by atoms with van der Waals surface area (Å²) in [6.45, 7) is 8.71. The van der Waals surface area contributed by atoms with Crippen molar-refractivity contribution < 1.29 is 33.7 Å². The average molecular weight is 1310 g/mol. The maximum atomic E-state index is 15.8. The quantitative estimate of drug-likeness (QED) is 0.0345. The molecular formula is C64H94O8S10. The standard InChI is InChI=1S/C64H94O8S10/c1-5-9-13-17-21-25-29-33-47-79(65,66)61-57(55-43-41-53(75-55)51-39-37-45-73-51)77-59(63(61)81(69,70)49-35-31-27-23-19-15-11-7-3)60-64(82(71,72)50-36-32-28-24-20-16-12-8-4)62(80(67,68)48-34-30-26-22-18-14-10-6-2)58(78-60)56-44-42-54(76-56)52-40-38-46-74-52/h37-46H,5-36,47-50H2,1-4H3. The molecule has 0 atom stereocenters. The highest BCUT2D eigenvalue weighted by atomic mass is 32.2. The van der Waals surface area contributed by atoms with Crippen molar-refractivity contribution in [2.75, 3.05) is 23.0 Å². The summed E-state index contributed by atoms with van der Waals surface area (Å²) >= 11 is 7.92. The molecule has 0 saturated heterocycles. The maximum absolute atomic E-state index is 15.8. The lowest BCUT2D eigenvalue weighted by Crippen LogP contribution is -2.16. The van der Waals surface area contributed by atoms with Gasteiger partial charge in [0.15, 0.2) is 39.3 Å². The monoisotopic (exact) mass is 1310 g/mol. The van der Waals surface area contributed by atoms with Crippen LogP contribution in [0.2, 0.25) is 0 Å². The fraction of sp³-hybridized carbons (Fsp3) is 0.625. The molecule has 6 rings (SSSR count). The van der Waals surface area contributed by atoms with Gasteiger partial charge < -0.3 is 0 Å². The third-order valence-corrected chi connectivity index (χ3v) is 30.8. The van der Waals surface area contributed by atoms with E-state index >= 15 is 33.7 Å². The van der Waals surface area contributed by atoms with Crippen LogP contribution < -0.4 is 0 Å². The van der Waals surface area contributed by atoms with Crippen LogP contribution in [0.15, 0.2) is 78.9 Å². The van der Waals surface area contributed by atoms with E-state index in [1.165, 1.54) is 22.7 Å². The van der Waals surface area contributed by atoms with Crippen LogP contribution in [0.3, 0.4) is 0 Å². The second-order valence-electron chi connectivity index (χ2n) is 22.3. The fourth-order valence-electron chi connectivity index (χ4n) is 10.7. The second kappa shape index (κ2) is 35.7. The molecular weight excluding hydrogens is 1220 g/mol. The Labute approximate surface area is 520 Å². The lowest BCUT2D eigenvalue weighted by molar-refractivity contribution is 0.565. The first kappa shape index (κ1) is 69.1. The van der Waals surface area contributed by atoms with Crippen molar-refractivity contribution in [3.05, 3.63) is 59.3 Å². The van der Waals surface area contributed by atoms with Crippen LogP contribution in [0.25, 0.3) is 48.8 Å². The van der Waals surface area contributed by atoms with Crippen LogP contribution in [-0.2, 0) is 39.3 Å². The Hall–Kier alpha value is -2.00. The van der Waals surface area contributed by atoms with Gasteiger partial charge in [-0.25, -0.2) is 33.7 Å². The molecule has 0 aliphatic carbocycles. The van der Waals surface area contributed by atoms with Crippen LogP contribution in [0.4, 0.5) is 0 Å². The number of sulfone groups is 4. The SMILES string of the molecule is CCCCCCCCCCS(=O)(=O)c1c(-c2ccc(-c3cccs3)s2)sc(-c2sc(-c3ccc(-c4cccs4)s3)c(S(=O)(=O)CCCCCCCCCC)c2S(=O)(=O)CCCCCCCCCC)c1S(=O)(=O)CCCCCCCCCC. The molecule has 0 N–H and O–H groups in total. The zero-order valence-corrected chi connectivity index (χ0v) is 57.7. The summed E-state index contributed by atoms with van der Waals surface area (Å²) in [4.78, 5) is 4.19. The zero-order chi connectivity index (χ0) is 58.9. The summed E-state index contributed by atoms with van der Waals surface area (Å²) in [6, 6.07) is 15.5. The highest BCUT2D eigenvalue weighted by Crippen LogP contribution is 2.57. The van der Waals surface area contributed by atoms with Crippen molar-refractivity contribution >= 4 is 107 Å². The lowest BCUT2D eigenvalue weighted by Gasteiger charge is -2.13. The molecule has 0 unspecified atom stereocenters. The van der Waals surface area contributed by atoms with Crippen molar-refractivity contribution in [1.82, 2.24) is 0 Å². The normalized spacial score (nSPS) is 12.6. The van der Waals surface area contributed by atoms with Gasteiger partial charge in [-0.15, -0.1) is 68.0 Å². The fourth-order valence-corrected chi connectivity index (χ4v) is 27.2. The molecule has 18 heteroatoms. The third kappa shape index (κ3) is 20.6. The Morgan fingerprint density at radius 1 is 0.256 bits per heavy atom. The minimum atomic E-state index is -4.48. The molecule has 0 radical (unpaired) electrons. The van der Waals surface area contributed by atoms with E-state index < -0.39 is 39.3 Å². The van der Waals surface area contributed by atoms with E-state index in [4.69, 9.17) is 0 Å². The lowest BCUT2D eigenvalue weighted by atomic mass is 10.1. The third-order valence-electron chi connectivity index (χ3n) is 15.3. The highest BCUT2D eigenvalue weighted by Gasteiger charge is 2.42. The molecule has 6 aromatic heterocycles. The van der Waals surface area contributed by atoms with E-state index in [1.807, 2.05) is 59.3 Å². The molecule has 0 spiro atoms. The Morgan fingerprint density at radius 3 is 0.732 bits per heavy atom. The summed E-state index contributed by atoms with van der Waals surface area (Å²) in [7, 11) is -17.7. The van der Waals surface area contributed by atoms with Crippen molar-refractivity contribution in [2.24, 2.45) is 0 Å². The van der Waals surface area contributed by atoms with Gasteiger partial charge in [-0.2, -0.15) is 0 Å². The number of unbranched alkanes of at least 4 members (excludes halogenated alkanes) is 28. The zero-order valence-electron chi connectivity index (χ0n) is 49.6. The van der Waals surface area contributed by atoms with Gasteiger partial charge >= 0.3 is 0 Å². The van der Waals surface area contributed by atoms with Gasteiger partial charge in [-0.3, -0.25) is 0 Å². The van der Waals surface area contributed by atoms with Crippen molar-refractivity contribution in [3.63, 3.8) is 0 Å². The first-order valence-corrected chi connectivity index (χ1v) is 42.8. The molecule has 8 nitrogen and oxygen atoms in total. The van der Waals surface area contributed by atoms with Gasteiger partial charge in [-0.05, 0) is 72.8 Å². The minimum Gasteiger partial charge on any atom is -0.224 e. The van der Waals surface area contributed by atoms with Crippen LogP contribution in [0.1, 0.15) is 233 Å². The van der Waals surface area contributed by atoms with Crippen molar-refractivity contribution in [1.29, 1.82) is 0 Å². The molecule has 82 heavy (non-hydrogen) atoms. The first-order valence-electron chi connectivity index (χ1n) is 31.1. The molecule has 458 valence electrons. The summed E-state index contributed by atoms with van der Waals surface area (Å²) in [5.74, 6) is -1.19. The van der Waals surface area contributed by atoms with Crippen LogP contribution in [0, 0.1) is 0 Å². The minimum absolute atomic E-state index is 0.0134. The van der Waals surface area contributed by atoms with E-state index in [9.17, 15) is 0 Å². The van der Waals surface area contributed by atoms with Crippen molar-refractivity contribution in [2.45, 2.75) is 253 Å². The van der Waals surface area contributed by atoms with Gasteiger partial charge in [0.1, 0.15) is 19.6 Å². The van der Waals surface area contributed by atoms with Gasteiger partial charge in [-0.1, -0.05) is 220 Å². The first-order chi connectivity index (χ1) is 39.6. The molecule has 0 aliphatic heterocycles. The molecule has 6 heterocycles. The molecule has 0 aromatic carbocycles. The van der Waals surface area contributed by atoms with Crippen LogP contribution in [-0.4, -0.2) is 56.7 Å². The Kier molecular flexibility index (Phi) is 30.1. The van der Waals surface area contributed by atoms with Gasteiger partial charge in [0.05, 0.1) is 42.5 Å². The summed E-state index contributed by atoms with van der Waals surface area (Å²) in [5.41, 5.74) is 0. The molecule has 0 saturated carbocycles. The molecule has 0 bridgehead atoms. The van der Waals surface area contributed by atoms with E-state index in [-0.39, 0.29) is 62.1 Å². The average Bonchev–Trinajstić information content (AvgIpc) is 2.23. The summed E-state index contributed by atoms with van der Waals surface area (Å²) < 4.78 is 125. The van der Waals surface area contributed by atoms with Crippen molar-refractivity contribution in [3.8, 4) is 48.8 Å². The predicted octanol–water partition coefficient (Wildman–Crippen LogP) is 22.0.